The standard InChI is InChI=1S/C28H33N5/c1-20-8-10-24(15-27(20)28(29)22(3)32-26-11-9-21(2)31-18-26)25-14-23(16-30-17-25)19-33-12-6-4-5-7-13-33/h8-11,14-18,29,32H,3-7,12-13,19H2,1-2H3. The monoisotopic (exact) mass is 439 g/mol. The summed E-state index contributed by atoms with van der Waals surface area (Å²) in [7, 11) is 0. The molecule has 3 heterocycles. The van der Waals surface area contributed by atoms with Gasteiger partial charge >= 0.3 is 0 Å². The molecule has 33 heavy (non-hydrogen) atoms. The van der Waals surface area contributed by atoms with E-state index < -0.39 is 0 Å². The Morgan fingerprint density at radius 3 is 2.48 bits per heavy atom. The Balaban J connectivity index is 1.52. The largest absolute Gasteiger partial charge is 0.353 e. The SMILES string of the molecule is C=C(Nc1ccc(C)nc1)C(=N)c1cc(-c2cncc(CN3CCCCCC3)c2)ccc1C. The highest BCUT2D eigenvalue weighted by molar-refractivity contribution is 6.13. The van der Waals surface area contributed by atoms with Gasteiger partial charge in [0.1, 0.15) is 0 Å². The van der Waals surface area contributed by atoms with Gasteiger partial charge in [-0.1, -0.05) is 31.6 Å². The predicted molar refractivity (Wildman–Crippen MR) is 137 cm³/mol. The number of nitrogens with one attached hydrogen (secondary N) is 2. The number of pyridine rings is 2. The van der Waals surface area contributed by atoms with E-state index in [1.807, 2.05) is 38.4 Å². The van der Waals surface area contributed by atoms with Crippen LogP contribution in [0.5, 0.6) is 0 Å². The molecule has 1 aliphatic rings. The van der Waals surface area contributed by atoms with Crippen LogP contribution in [0.1, 0.15) is 48.1 Å². The highest BCUT2D eigenvalue weighted by atomic mass is 15.1. The third kappa shape index (κ3) is 5.93. The molecule has 0 saturated carbocycles. The van der Waals surface area contributed by atoms with Gasteiger partial charge in [-0.25, -0.2) is 0 Å². The molecule has 5 nitrogen and oxygen atoms in total. The van der Waals surface area contributed by atoms with E-state index in [0.717, 1.165) is 40.2 Å². The van der Waals surface area contributed by atoms with Crippen LogP contribution in [0.15, 0.2) is 67.3 Å². The van der Waals surface area contributed by atoms with E-state index in [1.54, 1.807) is 6.20 Å². The third-order valence-corrected chi connectivity index (χ3v) is 6.25. The van der Waals surface area contributed by atoms with Crippen LogP contribution in [0.2, 0.25) is 0 Å². The van der Waals surface area contributed by atoms with Crippen molar-refractivity contribution in [2.24, 2.45) is 0 Å². The van der Waals surface area contributed by atoms with Crippen molar-refractivity contribution in [1.82, 2.24) is 14.9 Å². The summed E-state index contributed by atoms with van der Waals surface area (Å²) in [6.45, 7) is 11.4. The number of benzene rings is 1. The fourth-order valence-electron chi connectivity index (χ4n) is 4.30. The molecule has 1 saturated heterocycles. The van der Waals surface area contributed by atoms with E-state index in [4.69, 9.17) is 5.41 Å². The first-order valence-corrected chi connectivity index (χ1v) is 11.7. The Morgan fingerprint density at radius 2 is 1.76 bits per heavy atom. The van der Waals surface area contributed by atoms with Crippen LogP contribution < -0.4 is 5.32 Å². The zero-order valence-electron chi connectivity index (χ0n) is 19.7. The molecule has 2 N–H and O–H groups in total. The molecule has 1 fully saturated rings. The van der Waals surface area contributed by atoms with Crippen molar-refractivity contribution < 1.29 is 0 Å². The Morgan fingerprint density at radius 1 is 0.970 bits per heavy atom. The Bertz CT molecular complexity index is 1130. The molecule has 5 heteroatoms. The maximum absolute atomic E-state index is 8.76. The lowest BCUT2D eigenvalue weighted by atomic mass is 9.96. The van der Waals surface area contributed by atoms with Gasteiger partial charge < -0.3 is 5.32 Å². The van der Waals surface area contributed by atoms with Crippen molar-refractivity contribution in [2.45, 2.75) is 46.1 Å². The van der Waals surface area contributed by atoms with E-state index in [9.17, 15) is 0 Å². The van der Waals surface area contributed by atoms with Crippen LogP contribution in [0, 0.1) is 19.3 Å². The molecule has 4 rings (SSSR count). The minimum absolute atomic E-state index is 0.378. The van der Waals surface area contributed by atoms with E-state index >= 15 is 0 Å². The number of hydrogen-bond acceptors (Lipinski definition) is 5. The molecule has 3 aromatic rings. The van der Waals surface area contributed by atoms with Gasteiger partial charge in [0.05, 0.1) is 23.3 Å². The summed E-state index contributed by atoms with van der Waals surface area (Å²) >= 11 is 0. The lowest BCUT2D eigenvalue weighted by Gasteiger charge is -2.20. The van der Waals surface area contributed by atoms with Crippen LogP contribution in [-0.4, -0.2) is 33.7 Å². The Hall–Kier alpha value is -3.31. The predicted octanol–water partition coefficient (Wildman–Crippen LogP) is 6.13. The first-order valence-electron chi connectivity index (χ1n) is 11.7. The molecule has 0 unspecified atom stereocenters. The van der Waals surface area contributed by atoms with Crippen LogP contribution in [-0.2, 0) is 6.54 Å². The van der Waals surface area contributed by atoms with Crippen LogP contribution in [0.25, 0.3) is 11.1 Å². The van der Waals surface area contributed by atoms with Crippen molar-refractivity contribution in [2.75, 3.05) is 18.4 Å². The van der Waals surface area contributed by atoms with Crippen molar-refractivity contribution in [3.63, 3.8) is 0 Å². The summed E-state index contributed by atoms with van der Waals surface area (Å²) in [4.78, 5) is 11.4. The lowest BCUT2D eigenvalue weighted by molar-refractivity contribution is 0.277. The number of likely N-dealkylation sites (tertiary alicyclic amines) is 1. The summed E-state index contributed by atoms with van der Waals surface area (Å²) in [6.07, 6.45) is 10.9. The highest BCUT2D eigenvalue weighted by Crippen LogP contribution is 2.25. The van der Waals surface area contributed by atoms with Gasteiger partial charge in [-0.15, -0.1) is 0 Å². The van der Waals surface area contributed by atoms with Gasteiger partial charge in [0.2, 0.25) is 0 Å². The summed E-state index contributed by atoms with van der Waals surface area (Å²) in [6, 6.07) is 12.4. The van der Waals surface area contributed by atoms with Crippen LogP contribution >= 0.6 is 0 Å². The molecule has 0 atom stereocenters. The molecule has 0 radical (unpaired) electrons. The zero-order chi connectivity index (χ0) is 23.2. The van der Waals surface area contributed by atoms with E-state index in [1.165, 1.54) is 44.3 Å². The number of allylic oxidation sites excluding steroid dienone is 1. The summed E-state index contributed by atoms with van der Waals surface area (Å²) in [5.41, 5.74) is 8.01. The molecule has 0 aliphatic carbocycles. The number of nitrogens with zero attached hydrogens (tertiary/aromatic N) is 3. The minimum atomic E-state index is 0.378. The van der Waals surface area contributed by atoms with Gasteiger partial charge in [-0.3, -0.25) is 20.3 Å². The normalized spacial score (nSPS) is 14.5. The number of aryl methyl sites for hydroxylation is 2. The molecule has 0 amide bonds. The first-order chi connectivity index (χ1) is 16.0. The van der Waals surface area contributed by atoms with Crippen molar-refractivity contribution in [1.29, 1.82) is 5.41 Å². The summed E-state index contributed by atoms with van der Waals surface area (Å²) in [5, 5.41) is 12.0. The molecule has 0 spiro atoms. The Labute approximate surface area is 197 Å². The summed E-state index contributed by atoms with van der Waals surface area (Å²) < 4.78 is 0. The second-order valence-electron chi connectivity index (χ2n) is 8.97. The zero-order valence-corrected chi connectivity index (χ0v) is 19.7. The van der Waals surface area contributed by atoms with Crippen LogP contribution in [0.4, 0.5) is 5.69 Å². The molecular weight excluding hydrogens is 406 g/mol. The fraction of sp³-hybridized carbons (Fsp3) is 0.321. The number of aromatic nitrogens is 2. The topological polar surface area (TPSA) is 64.9 Å². The third-order valence-electron chi connectivity index (χ3n) is 6.25. The molecule has 1 aromatic carbocycles. The van der Waals surface area contributed by atoms with E-state index in [0.29, 0.717) is 11.4 Å². The molecule has 0 bridgehead atoms. The maximum atomic E-state index is 8.76. The van der Waals surface area contributed by atoms with Crippen LogP contribution in [0.3, 0.4) is 0 Å². The quantitative estimate of drug-likeness (QED) is 0.435. The molecule has 1 aliphatic heterocycles. The molecule has 170 valence electrons. The highest BCUT2D eigenvalue weighted by Gasteiger charge is 2.13. The van der Waals surface area contributed by atoms with E-state index in [-0.39, 0.29) is 0 Å². The van der Waals surface area contributed by atoms with Gasteiger partial charge in [0, 0.05) is 35.8 Å². The molecule has 2 aromatic heterocycles. The average molecular weight is 440 g/mol. The van der Waals surface area contributed by atoms with Crippen molar-refractivity contribution in [3.05, 3.63) is 89.6 Å². The summed E-state index contributed by atoms with van der Waals surface area (Å²) in [5.74, 6) is 0. The second kappa shape index (κ2) is 10.5. The van der Waals surface area contributed by atoms with Crippen molar-refractivity contribution >= 4 is 11.4 Å². The molecular formula is C28H33N5. The number of hydrogen-bond donors (Lipinski definition) is 2. The Kier molecular flexibility index (Phi) is 7.30. The number of rotatable bonds is 7. The van der Waals surface area contributed by atoms with Gasteiger partial charge in [-0.05, 0) is 80.7 Å². The fourth-order valence-corrected chi connectivity index (χ4v) is 4.30. The number of anilines is 1. The van der Waals surface area contributed by atoms with Gasteiger partial charge in [0.15, 0.2) is 0 Å². The van der Waals surface area contributed by atoms with Gasteiger partial charge in [-0.2, -0.15) is 0 Å². The first kappa shape index (κ1) is 22.9. The van der Waals surface area contributed by atoms with E-state index in [2.05, 4.69) is 51.0 Å². The minimum Gasteiger partial charge on any atom is -0.353 e. The maximum Gasteiger partial charge on any atom is 0.0843 e. The second-order valence-corrected chi connectivity index (χ2v) is 8.97. The van der Waals surface area contributed by atoms with Gasteiger partial charge in [0.25, 0.3) is 0 Å². The lowest BCUT2D eigenvalue weighted by Crippen LogP contribution is -2.24. The smallest absolute Gasteiger partial charge is 0.0843 e. The average Bonchev–Trinajstić information content (AvgIpc) is 3.09. The van der Waals surface area contributed by atoms with Crippen molar-refractivity contribution in [3.8, 4) is 11.1 Å².